The molecule has 22 heavy (non-hydrogen) atoms. The van der Waals surface area contributed by atoms with Crippen molar-refractivity contribution in [2.75, 3.05) is 7.11 Å². The number of benzene rings is 1. The van der Waals surface area contributed by atoms with E-state index < -0.39 is 5.97 Å². The first-order valence-electron chi connectivity index (χ1n) is 6.44. The van der Waals surface area contributed by atoms with Crippen LogP contribution in [-0.4, -0.2) is 23.4 Å². The molecule has 112 valence electrons. The number of carbonyl (C=O) groups excluding carboxylic acids is 1. The number of esters is 1. The van der Waals surface area contributed by atoms with Gasteiger partial charge in [0.25, 0.3) is 0 Å². The van der Waals surface area contributed by atoms with Gasteiger partial charge in [-0.15, -0.1) is 0 Å². The molecule has 0 saturated carbocycles. The molecule has 0 aliphatic carbocycles. The lowest BCUT2D eigenvalue weighted by Gasteiger charge is -1.99. The highest BCUT2D eigenvalue weighted by molar-refractivity contribution is 5.85. The van der Waals surface area contributed by atoms with Crippen molar-refractivity contribution in [3.05, 3.63) is 54.0 Å². The Morgan fingerprint density at radius 3 is 2.68 bits per heavy atom. The number of aromatic nitrogens is 2. The molecule has 0 aliphatic heterocycles. The predicted octanol–water partition coefficient (Wildman–Crippen LogP) is 2.70. The second kappa shape index (κ2) is 6.13. The Kier molecular flexibility index (Phi) is 3.86. The molecule has 0 unspecified atom stereocenters. The molecule has 3 aromatic rings. The number of carbonyl (C=O) groups is 1. The number of rotatable bonds is 5. The minimum Gasteiger partial charge on any atom is -0.497 e. The average molecular weight is 300 g/mol. The summed E-state index contributed by atoms with van der Waals surface area (Å²) in [7, 11) is 1.60. The second-order valence-corrected chi connectivity index (χ2v) is 4.36. The first kappa shape index (κ1) is 13.9. The Balaban J connectivity index is 1.64. The zero-order chi connectivity index (χ0) is 15.4. The zero-order valence-electron chi connectivity index (χ0n) is 11.7. The van der Waals surface area contributed by atoms with Gasteiger partial charge < -0.3 is 18.5 Å². The lowest BCUT2D eigenvalue weighted by atomic mass is 10.1. The molecule has 3 rings (SSSR count). The summed E-state index contributed by atoms with van der Waals surface area (Å²) in [5.41, 5.74) is 1.35. The lowest BCUT2D eigenvalue weighted by molar-refractivity contribution is 0.0417. The summed E-state index contributed by atoms with van der Waals surface area (Å²) in [6.45, 7) is -0.0147. The Labute approximate surface area is 125 Å². The fraction of sp³-hybridized carbons (Fsp3) is 0.133. The topological polar surface area (TPSA) is 87.6 Å². The Bertz CT molecular complexity index is 747. The molecule has 1 aromatic carbocycles. The highest BCUT2D eigenvalue weighted by atomic mass is 16.6. The first-order chi connectivity index (χ1) is 10.8. The van der Waals surface area contributed by atoms with E-state index in [1.54, 1.807) is 13.2 Å². The van der Waals surface area contributed by atoms with E-state index in [-0.39, 0.29) is 12.4 Å². The van der Waals surface area contributed by atoms with E-state index in [4.69, 9.17) is 18.5 Å². The predicted molar refractivity (Wildman–Crippen MR) is 74.1 cm³/mol. The van der Waals surface area contributed by atoms with Gasteiger partial charge in [0.15, 0.2) is 5.76 Å². The van der Waals surface area contributed by atoms with Crippen LogP contribution in [0.1, 0.15) is 16.2 Å². The Morgan fingerprint density at radius 2 is 2.00 bits per heavy atom. The molecule has 0 N–H and O–H groups in total. The van der Waals surface area contributed by atoms with Crippen LogP contribution in [-0.2, 0) is 11.3 Å². The van der Waals surface area contributed by atoms with E-state index in [9.17, 15) is 4.79 Å². The van der Waals surface area contributed by atoms with Gasteiger partial charge in [-0.25, -0.2) is 4.79 Å². The molecule has 2 aromatic heterocycles. The van der Waals surface area contributed by atoms with Crippen LogP contribution in [0.2, 0.25) is 0 Å². The summed E-state index contributed by atoms with van der Waals surface area (Å²) >= 11 is 0. The van der Waals surface area contributed by atoms with Crippen LogP contribution < -0.4 is 4.74 Å². The second-order valence-electron chi connectivity index (χ2n) is 4.36. The Hall–Kier alpha value is -3.09. The van der Waals surface area contributed by atoms with Crippen LogP contribution in [0.4, 0.5) is 0 Å². The van der Waals surface area contributed by atoms with Crippen LogP contribution in [0.25, 0.3) is 11.3 Å². The van der Waals surface area contributed by atoms with E-state index in [0.717, 1.165) is 11.3 Å². The van der Waals surface area contributed by atoms with Crippen LogP contribution in [0.5, 0.6) is 5.75 Å². The third-order valence-electron chi connectivity index (χ3n) is 2.92. The molecule has 0 atom stereocenters. The van der Waals surface area contributed by atoms with Gasteiger partial charge in [-0.2, -0.15) is 0 Å². The van der Waals surface area contributed by atoms with Crippen molar-refractivity contribution in [1.82, 2.24) is 10.3 Å². The highest BCUT2D eigenvalue weighted by Crippen LogP contribution is 2.23. The summed E-state index contributed by atoms with van der Waals surface area (Å²) in [4.78, 5) is 11.6. The molecule has 0 saturated heterocycles. The van der Waals surface area contributed by atoms with Crippen molar-refractivity contribution in [2.24, 2.45) is 0 Å². The smallest absolute Gasteiger partial charge is 0.377 e. The normalized spacial score (nSPS) is 10.4. The molecule has 0 amide bonds. The molecular weight excluding hydrogens is 288 g/mol. The molecule has 0 spiro atoms. The maximum Gasteiger partial charge on any atom is 0.377 e. The van der Waals surface area contributed by atoms with Gasteiger partial charge in [-0.05, 0) is 24.3 Å². The maximum atomic E-state index is 11.6. The molecule has 0 bridgehead atoms. The van der Waals surface area contributed by atoms with Gasteiger partial charge in [-0.1, -0.05) is 10.3 Å². The monoisotopic (exact) mass is 300 g/mol. The number of ether oxygens (including phenoxy) is 2. The van der Waals surface area contributed by atoms with Crippen LogP contribution in [0.3, 0.4) is 0 Å². The van der Waals surface area contributed by atoms with Crippen molar-refractivity contribution < 1.29 is 23.3 Å². The number of nitrogens with zero attached hydrogens (tertiary/aromatic N) is 2. The van der Waals surface area contributed by atoms with Gasteiger partial charge in [0, 0.05) is 17.7 Å². The van der Waals surface area contributed by atoms with Gasteiger partial charge in [0.1, 0.15) is 18.1 Å². The van der Waals surface area contributed by atoms with E-state index in [1.165, 1.54) is 12.3 Å². The van der Waals surface area contributed by atoms with E-state index in [0.29, 0.717) is 11.5 Å². The first-order valence-corrected chi connectivity index (χ1v) is 6.44. The summed E-state index contributed by atoms with van der Waals surface area (Å²) in [5.74, 6) is 0.767. The van der Waals surface area contributed by atoms with Crippen LogP contribution in [0.15, 0.2) is 51.6 Å². The van der Waals surface area contributed by atoms with Gasteiger partial charge in [0.05, 0.1) is 13.3 Å². The molecule has 7 nitrogen and oxygen atoms in total. The lowest BCUT2D eigenvalue weighted by Crippen LogP contribution is -2.03. The fourth-order valence-corrected chi connectivity index (χ4v) is 1.80. The number of methoxy groups -OCH3 is 1. The van der Waals surface area contributed by atoms with Gasteiger partial charge in [0.2, 0.25) is 5.76 Å². The van der Waals surface area contributed by atoms with E-state index in [1.807, 2.05) is 24.3 Å². The standard InChI is InChI=1S/C15H12N2O5/c1-19-12-4-2-10(3-5-12)14-8-11(17-22-14)9-20-15(18)13-6-7-16-21-13/h2-8H,9H2,1H3. The maximum absolute atomic E-state index is 11.6. The molecule has 0 fully saturated rings. The van der Waals surface area contributed by atoms with E-state index in [2.05, 4.69) is 10.3 Å². The van der Waals surface area contributed by atoms with Gasteiger partial charge >= 0.3 is 5.97 Å². The van der Waals surface area contributed by atoms with Gasteiger partial charge in [-0.3, -0.25) is 0 Å². The minimum atomic E-state index is -0.605. The van der Waals surface area contributed by atoms with Crippen molar-refractivity contribution >= 4 is 5.97 Å². The molecule has 0 aliphatic rings. The van der Waals surface area contributed by atoms with Crippen molar-refractivity contribution in [2.45, 2.75) is 6.61 Å². The average Bonchev–Trinajstić information content (AvgIpc) is 3.24. The summed E-state index contributed by atoms with van der Waals surface area (Å²) in [6.07, 6.45) is 1.37. The summed E-state index contributed by atoms with van der Waals surface area (Å²) in [5, 5.41) is 7.29. The van der Waals surface area contributed by atoms with E-state index >= 15 is 0 Å². The number of hydrogen-bond acceptors (Lipinski definition) is 7. The van der Waals surface area contributed by atoms with Crippen LogP contribution >= 0.6 is 0 Å². The molecule has 0 radical (unpaired) electrons. The third kappa shape index (κ3) is 2.98. The SMILES string of the molecule is COc1ccc(-c2cc(COC(=O)c3ccno3)no2)cc1. The quantitative estimate of drug-likeness (QED) is 0.669. The molecule has 2 heterocycles. The van der Waals surface area contributed by atoms with Crippen LogP contribution in [0, 0.1) is 0 Å². The Morgan fingerprint density at radius 1 is 1.18 bits per heavy atom. The molecular formula is C15H12N2O5. The largest absolute Gasteiger partial charge is 0.497 e. The zero-order valence-corrected chi connectivity index (χ0v) is 11.7. The fourth-order valence-electron chi connectivity index (χ4n) is 1.80. The third-order valence-corrected chi connectivity index (χ3v) is 2.92. The van der Waals surface area contributed by atoms with Crippen molar-refractivity contribution in [1.29, 1.82) is 0 Å². The summed E-state index contributed by atoms with van der Waals surface area (Å²) < 4.78 is 20.1. The highest BCUT2D eigenvalue weighted by Gasteiger charge is 2.13. The van der Waals surface area contributed by atoms with Crippen molar-refractivity contribution in [3.8, 4) is 17.1 Å². The summed E-state index contributed by atoms with van der Waals surface area (Å²) in [6, 6.07) is 10.5. The van der Waals surface area contributed by atoms with Crippen molar-refractivity contribution in [3.63, 3.8) is 0 Å². The molecule has 7 heteroatoms. The minimum absolute atomic E-state index is 0.0147. The number of hydrogen-bond donors (Lipinski definition) is 0.